The molecule has 0 radical (unpaired) electrons. The number of hydrogen-bond acceptors (Lipinski definition) is 6. The Kier molecular flexibility index (Phi) is 6.54. The second kappa shape index (κ2) is 8.15. The van der Waals surface area contributed by atoms with Gasteiger partial charge >= 0.3 is 0 Å². The second-order valence-corrected chi connectivity index (χ2v) is 4.52. The Morgan fingerprint density at radius 2 is 1.81 bits per heavy atom. The molecule has 0 fully saturated rings. The Balaban J connectivity index is 2.66. The molecule has 0 saturated carbocycles. The minimum absolute atomic E-state index is 0.271. The fourth-order valence-corrected chi connectivity index (χ4v) is 2.00. The lowest BCUT2D eigenvalue weighted by Gasteiger charge is -2.17. The van der Waals surface area contributed by atoms with E-state index in [-0.39, 0.29) is 11.4 Å². The third kappa shape index (κ3) is 4.99. The van der Waals surface area contributed by atoms with Crippen LogP contribution in [0.2, 0.25) is 0 Å². The van der Waals surface area contributed by atoms with Gasteiger partial charge in [0.25, 0.3) is 11.4 Å². The number of non-ortho nitro benzene ring substituents is 1. The average molecular weight is 296 g/mol. The maximum atomic E-state index is 11.0. The molecule has 0 aliphatic heterocycles. The van der Waals surface area contributed by atoms with Crippen LogP contribution in [0.4, 0.5) is 17.1 Å². The van der Waals surface area contributed by atoms with Crippen molar-refractivity contribution in [3.05, 3.63) is 38.4 Å². The number of hydrogen-bond donors (Lipinski definition) is 1. The molecule has 0 bridgehead atoms. The molecule has 8 nitrogen and oxygen atoms in total. The van der Waals surface area contributed by atoms with Crippen LogP contribution in [0.25, 0.3) is 0 Å². The van der Waals surface area contributed by atoms with E-state index in [4.69, 9.17) is 0 Å². The molecule has 21 heavy (non-hydrogen) atoms. The topological polar surface area (TPSA) is 102 Å². The van der Waals surface area contributed by atoms with Gasteiger partial charge in [-0.3, -0.25) is 20.2 Å². The Labute approximate surface area is 123 Å². The van der Waals surface area contributed by atoms with E-state index in [1.165, 1.54) is 12.1 Å². The lowest BCUT2D eigenvalue weighted by Crippen LogP contribution is -2.25. The van der Waals surface area contributed by atoms with Gasteiger partial charge in [-0.05, 0) is 32.1 Å². The number of anilines is 1. The maximum absolute atomic E-state index is 11.0. The molecule has 0 aliphatic carbocycles. The van der Waals surface area contributed by atoms with Crippen molar-refractivity contribution >= 4 is 17.1 Å². The molecule has 0 amide bonds. The fourth-order valence-electron chi connectivity index (χ4n) is 2.00. The number of nitrogens with zero attached hydrogens (tertiary/aromatic N) is 3. The minimum atomic E-state index is -0.642. The summed E-state index contributed by atoms with van der Waals surface area (Å²) in [5, 5.41) is 24.6. The van der Waals surface area contributed by atoms with Crippen molar-refractivity contribution in [1.82, 2.24) is 4.90 Å². The number of nitro benzene ring substituents is 2. The van der Waals surface area contributed by atoms with E-state index in [9.17, 15) is 20.2 Å². The Morgan fingerprint density at radius 3 is 2.33 bits per heavy atom. The first-order valence-electron chi connectivity index (χ1n) is 6.88. The summed E-state index contributed by atoms with van der Waals surface area (Å²) < 4.78 is 0. The van der Waals surface area contributed by atoms with Crippen molar-refractivity contribution in [2.24, 2.45) is 0 Å². The molecule has 1 aromatic carbocycles. The highest BCUT2D eigenvalue weighted by Gasteiger charge is 2.18. The van der Waals surface area contributed by atoms with Crippen LogP contribution in [-0.4, -0.2) is 40.9 Å². The van der Waals surface area contributed by atoms with Crippen molar-refractivity contribution < 1.29 is 9.85 Å². The zero-order chi connectivity index (χ0) is 15.8. The van der Waals surface area contributed by atoms with Crippen molar-refractivity contribution in [1.29, 1.82) is 0 Å². The molecule has 0 unspecified atom stereocenters. The molecule has 0 spiro atoms. The SMILES string of the molecule is CCN(CC)CCCNc1ccc([N+](=O)[O-])cc1[N+](=O)[O-]. The summed E-state index contributed by atoms with van der Waals surface area (Å²) in [5.74, 6) is 0. The van der Waals surface area contributed by atoms with Crippen molar-refractivity contribution in [2.45, 2.75) is 20.3 Å². The highest BCUT2D eigenvalue weighted by atomic mass is 16.6. The molecule has 1 aromatic rings. The highest BCUT2D eigenvalue weighted by Crippen LogP contribution is 2.28. The number of nitrogens with one attached hydrogen (secondary N) is 1. The van der Waals surface area contributed by atoms with Crippen molar-refractivity contribution in [3.63, 3.8) is 0 Å². The first-order chi connectivity index (χ1) is 9.99. The van der Waals surface area contributed by atoms with Gasteiger partial charge in [0.2, 0.25) is 0 Å². The van der Waals surface area contributed by atoms with Gasteiger partial charge in [-0.15, -0.1) is 0 Å². The van der Waals surface area contributed by atoms with E-state index in [0.717, 1.165) is 32.1 Å². The lowest BCUT2D eigenvalue weighted by atomic mass is 10.2. The van der Waals surface area contributed by atoms with Gasteiger partial charge in [0.05, 0.1) is 15.9 Å². The fraction of sp³-hybridized carbons (Fsp3) is 0.538. The van der Waals surface area contributed by atoms with Gasteiger partial charge in [-0.1, -0.05) is 13.8 Å². The molecular formula is C13H20N4O4. The van der Waals surface area contributed by atoms with Gasteiger partial charge in [0.1, 0.15) is 5.69 Å². The van der Waals surface area contributed by atoms with E-state index in [1.54, 1.807) is 0 Å². The second-order valence-electron chi connectivity index (χ2n) is 4.52. The monoisotopic (exact) mass is 296 g/mol. The molecule has 8 heteroatoms. The summed E-state index contributed by atoms with van der Waals surface area (Å²) in [5.41, 5.74) is -0.243. The minimum Gasteiger partial charge on any atom is -0.379 e. The van der Waals surface area contributed by atoms with Crippen LogP contribution in [0.5, 0.6) is 0 Å². The normalized spacial score (nSPS) is 10.6. The zero-order valence-corrected chi connectivity index (χ0v) is 12.2. The number of nitro groups is 2. The summed E-state index contributed by atoms with van der Waals surface area (Å²) in [6.45, 7) is 7.58. The molecule has 0 saturated heterocycles. The molecule has 1 rings (SSSR count). The smallest absolute Gasteiger partial charge is 0.299 e. The quantitative estimate of drug-likeness (QED) is 0.427. The Hall–Kier alpha value is -2.22. The van der Waals surface area contributed by atoms with Crippen molar-refractivity contribution in [3.8, 4) is 0 Å². The predicted octanol–water partition coefficient (Wildman–Crippen LogP) is 2.65. The largest absolute Gasteiger partial charge is 0.379 e. The maximum Gasteiger partial charge on any atom is 0.299 e. The molecule has 1 N–H and O–H groups in total. The molecule has 0 heterocycles. The number of rotatable bonds is 9. The first-order valence-corrected chi connectivity index (χ1v) is 6.88. The predicted molar refractivity (Wildman–Crippen MR) is 80.6 cm³/mol. The average Bonchev–Trinajstić information content (AvgIpc) is 2.47. The van der Waals surface area contributed by atoms with Crippen LogP contribution in [0, 0.1) is 20.2 Å². The van der Waals surface area contributed by atoms with E-state index in [1.807, 2.05) is 0 Å². The van der Waals surface area contributed by atoms with E-state index in [2.05, 4.69) is 24.1 Å². The standard InChI is InChI=1S/C13H20N4O4/c1-3-15(4-2)9-5-8-14-12-7-6-11(16(18)19)10-13(12)17(20)21/h6-7,10,14H,3-5,8-9H2,1-2H3. The van der Waals surface area contributed by atoms with Crippen LogP contribution in [0.15, 0.2) is 18.2 Å². The van der Waals surface area contributed by atoms with Crippen molar-refractivity contribution in [2.75, 3.05) is 31.5 Å². The molecule has 0 aromatic heterocycles. The molecular weight excluding hydrogens is 276 g/mol. The van der Waals surface area contributed by atoms with Gasteiger partial charge in [-0.25, -0.2) is 0 Å². The summed E-state index contributed by atoms with van der Waals surface area (Å²) in [6.07, 6.45) is 0.843. The Morgan fingerprint density at radius 1 is 1.14 bits per heavy atom. The van der Waals surface area contributed by atoms with Gasteiger partial charge < -0.3 is 10.2 Å². The third-order valence-electron chi connectivity index (χ3n) is 3.25. The van der Waals surface area contributed by atoms with Gasteiger partial charge in [0, 0.05) is 12.6 Å². The highest BCUT2D eigenvalue weighted by molar-refractivity contribution is 5.65. The van der Waals surface area contributed by atoms with Crippen LogP contribution >= 0.6 is 0 Å². The molecule has 116 valence electrons. The summed E-state index contributed by atoms with van der Waals surface area (Å²) in [6, 6.07) is 3.63. The van der Waals surface area contributed by atoms with Crippen LogP contribution < -0.4 is 5.32 Å². The molecule has 0 aliphatic rings. The third-order valence-corrected chi connectivity index (χ3v) is 3.25. The van der Waals surface area contributed by atoms with Crippen LogP contribution in [-0.2, 0) is 0 Å². The Bertz CT molecular complexity index is 503. The van der Waals surface area contributed by atoms with Crippen LogP contribution in [0.1, 0.15) is 20.3 Å². The van der Waals surface area contributed by atoms with Gasteiger partial charge in [0.15, 0.2) is 0 Å². The van der Waals surface area contributed by atoms with E-state index in [0.29, 0.717) is 12.2 Å². The number of benzene rings is 1. The van der Waals surface area contributed by atoms with Crippen LogP contribution in [0.3, 0.4) is 0 Å². The van der Waals surface area contributed by atoms with E-state index >= 15 is 0 Å². The lowest BCUT2D eigenvalue weighted by molar-refractivity contribution is -0.393. The zero-order valence-electron chi connectivity index (χ0n) is 12.2. The van der Waals surface area contributed by atoms with E-state index < -0.39 is 9.85 Å². The summed E-state index contributed by atoms with van der Waals surface area (Å²) >= 11 is 0. The van der Waals surface area contributed by atoms with Gasteiger partial charge in [-0.2, -0.15) is 0 Å². The first kappa shape index (κ1) is 16.8. The molecule has 0 atom stereocenters. The summed E-state index contributed by atoms with van der Waals surface area (Å²) in [7, 11) is 0. The summed E-state index contributed by atoms with van der Waals surface area (Å²) in [4.78, 5) is 22.6.